The molecular weight excluding hydrogens is 330 g/mol. The first-order chi connectivity index (χ1) is 11.5. The summed E-state index contributed by atoms with van der Waals surface area (Å²) in [5.74, 6) is -1.17. The van der Waals surface area contributed by atoms with Crippen LogP contribution < -0.4 is 0 Å². The summed E-state index contributed by atoms with van der Waals surface area (Å²) in [4.78, 5) is 30.2. The van der Waals surface area contributed by atoms with Gasteiger partial charge < -0.3 is 14.7 Å². The van der Waals surface area contributed by atoms with Crippen LogP contribution in [0.2, 0.25) is 0 Å². The Morgan fingerprint density at radius 1 is 1.46 bits per heavy atom. The Morgan fingerprint density at radius 3 is 2.92 bits per heavy atom. The van der Waals surface area contributed by atoms with Crippen molar-refractivity contribution in [1.82, 2.24) is 14.3 Å². The monoisotopic (exact) mass is 349 g/mol. The number of methoxy groups -OCH3 is 1. The minimum absolute atomic E-state index is 0.0905. The molecule has 8 heteroatoms. The first kappa shape index (κ1) is 16.8. The molecule has 24 heavy (non-hydrogen) atoms. The lowest BCUT2D eigenvalue weighted by atomic mass is 10.1. The van der Waals surface area contributed by atoms with Crippen LogP contribution in [-0.4, -0.2) is 63.3 Å². The number of aliphatic carboxylic acids is 1. The summed E-state index contributed by atoms with van der Waals surface area (Å²) in [7, 11) is 1.58. The Balaban J connectivity index is 1.97. The molecule has 3 heterocycles. The first-order valence-electron chi connectivity index (χ1n) is 7.61. The number of pyridine rings is 1. The van der Waals surface area contributed by atoms with Crippen molar-refractivity contribution in [2.24, 2.45) is 0 Å². The third kappa shape index (κ3) is 2.99. The van der Waals surface area contributed by atoms with E-state index in [4.69, 9.17) is 9.84 Å². The minimum atomic E-state index is -0.922. The zero-order valence-electron chi connectivity index (χ0n) is 13.5. The molecule has 3 rings (SSSR count). The Kier molecular flexibility index (Phi) is 4.77. The molecule has 0 radical (unpaired) electrons. The van der Waals surface area contributed by atoms with Gasteiger partial charge in [-0.15, -0.1) is 0 Å². The van der Waals surface area contributed by atoms with Gasteiger partial charge in [-0.25, -0.2) is 4.98 Å². The van der Waals surface area contributed by atoms with Gasteiger partial charge in [-0.3, -0.25) is 14.0 Å². The summed E-state index contributed by atoms with van der Waals surface area (Å²) in [6.07, 6.45) is 4.05. The SMILES string of the molecule is COC1CC(CC(=O)O)N(C(=O)c2nc(SC)n3ccccc23)C1. The number of nitrogens with zero attached hydrogens (tertiary/aromatic N) is 3. The number of aromatic nitrogens is 2. The number of thioether (sulfide) groups is 1. The van der Waals surface area contributed by atoms with E-state index in [0.717, 1.165) is 10.7 Å². The second kappa shape index (κ2) is 6.82. The van der Waals surface area contributed by atoms with Gasteiger partial charge >= 0.3 is 5.97 Å². The second-order valence-electron chi connectivity index (χ2n) is 5.71. The second-order valence-corrected chi connectivity index (χ2v) is 6.48. The quantitative estimate of drug-likeness (QED) is 0.828. The number of imidazole rings is 1. The largest absolute Gasteiger partial charge is 0.481 e. The van der Waals surface area contributed by atoms with E-state index < -0.39 is 5.97 Å². The lowest BCUT2D eigenvalue weighted by Crippen LogP contribution is -2.37. The third-order valence-corrected chi connectivity index (χ3v) is 4.93. The number of amides is 1. The maximum absolute atomic E-state index is 13.0. The fourth-order valence-corrected chi connectivity index (χ4v) is 3.67. The molecular formula is C16H19N3O4S. The summed E-state index contributed by atoms with van der Waals surface area (Å²) in [6, 6.07) is 5.20. The van der Waals surface area contributed by atoms with Crippen molar-refractivity contribution in [2.75, 3.05) is 19.9 Å². The molecule has 2 atom stereocenters. The highest BCUT2D eigenvalue weighted by molar-refractivity contribution is 7.98. The average Bonchev–Trinajstić information content (AvgIpc) is 3.15. The molecule has 128 valence electrons. The standard InChI is InChI=1S/C16H19N3O4S/c1-23-11-7-10(8-13(20)21)19(9-11)15(22)14-12-5-3-4-6-18(12)16(17-14)24-2/h3-6,10-11H,7-9H2,1-2H3,(H,20,21). The molecule has 1 N–H and O–H groups in total. The van der Waals surface area contributed by atoms with Crippen molar-refractivity contribution in [3.05, 3.63) is 30.1 Å². The van der Waals surface area contributed by atoms with Crippen LogP contribution >= 0.6 is 11.8 Å². The van der Waals surface area contributed by atoms with Gasteiger partial charge in [0.25, 0.3) is 5.91 Å². The highest BCUT2D eigenvalue weighted by Gasteiger charge is 2.38. The van der Waals surface area contributed by atoms with Crippen molar-refractivity contribution in [1.29, 1.82) is 0 Å². The van der Waals surface area contributed by atoms with Crippen LogP contribution in [0.3, 0.4) is 0 Å². The Hall–Kier alpha value is -2.06. The van der Waals surface area contributed by atoms with Gasteiger partial charge in [-0.2, -0.15) is 0 Å². The van der Waals surface area contributed by atoms with E-state index in [1.54, 1.807) is 12.0 Å². The van der Waals surface area contributed by atoms with E-state index in [-0.39, 0.29) is 24.5 Å². The smallest absolute Gasteiger partial charge is 0.305 e. The van der Waals surface area contributed by atoms with Gasteiger partial charge in [0.15, 0.2) is 10.9 Å². The molecule has 0 spiro atoms. The molecule has 2 aromatic rings. The zero-order valence-corrected chi connectivity index (χ0v) is 14.3. The van der Waals surface area contributed by atoms with Gasteiger partial charge in [0.05, 0.1) is 18.0 Å². The number of likely N-dealkylation sites (tertiary alicyclic amines) is 1. The minimum Gasteiger partial charge on any atom is -0.481 e. The van der Waals surface area contributed by atoms with Crippen LogP contribution in [0.5, 0.6) is 0 Å². The number of hydrogen-bond donors (Lipinski definition) is 1. The van der Waals surface area contributed by atoms with Crippen LogP contribution in [-0.2, 0) is 9.53 Å². The number of hydrogen-bond acceptors (Lipinski definition) is 5. The molecule has 1 amide bonds. The van der Waals surface area contributed by atoms with Crippen LogP contribution in [0.15, 0.2) is 29.6 Å². The number of carbonyl (C=O) groups excluding carboxylic acids is 1. The lowest BCUT2D eigenvalue weighted by Gasteiger charge is -2.22. The first-order valence-corrected chi connectivity index (χ1v) is 8.84. The van der Waals surface area contributed by atoms with Crippen LogP contribution in [0.4, 0.5) is 0 Å². The maximum Gasteiger partial charge on any atom is 0.305 e. The number of fused-ring (bicyclic) bond motifs is 1. The zero-order chi connectivity index (χ0) is 17.3. The molecule has 0 aliphatic carbocycles. The van der Waals surface area contributed by atoms with Gasteiger partial charge in [0, 0.05) is 25.9 Å². The van der Waals surface area contributed by atoms with E-state index in [1.165, 1.54) is 11.8 Å². The fourth-order valence-electron chi connectivity index (χ4n) is 3.14. The molecule has 2 unspecified atom stereocenters. The summed E-state index contributed by atoms with van der Waals surface area (Å²) < 4.78 is 7.21. The van der Waals surface area contributed by atoms with E-state index in [0.29, 0.717) is 18.7 Å². The van der Waals surface area contributed by atoms with Crippen molar-refractivity contribution in [3.8, 4) is 0 Å². The summed E-state index contributed by atoms with van der Waals surface area (Å²) >= 11 is 1.46. The van der Waals surface area contributed by atoms with Gasteiger partial charge in [0.2, 0.25) is 0 Å². The van der Waals surface area contributed by atoms with E-state index in [1.807, 2.05) is 35.1 Å². The van der Waals surface area contributed by atoms with Crippen molar-refractivity contribution in [3.63, 3.8) is 0 Å². The van der Waals surface area contributed by atoms with E-state index in [9.17, 15) is 9.59 Å². The predicted molar refractivity (Wildman–Crippen MR) is 89.5 cm³/mol. The highest BCUT2D eigenvalue weighted by atomic mass is 32.2. The summed E-state index contributed by atoms with van der Waals surface area (Å²) in [5, 5.41) is 9.84. The van der Waals surface area contributed by atoms with Crippen molar-refractivity contribution in [2.45, 2.75) is 30.1 Å². The molecule has 1 fully saturated rings. The van der Waals surface area contributed by atoms with Gasteiger partial charge in [-0.1, -0.05) is 17.8 Å². The van der Waals surface area contributed by atoms with Crippen LogP contribution in [0.25, 0.3) is 5.52 Å². The lowest BCUT2D eigenvalue weighted by molar-refractivity contribution is -0.137. The topological polar surface area (TPSA) is 84.1 Å². The molecule has 0 saturated carbocycles. The number of rotatable bonds is 5. The molecule has 0 aromatic carbocycles. The van der Waals surface area contributed by atoms with Crippen LogP contribution in [0.1, 0.15) is 23.3 Å². The number of carbonyl (C=O) groups is 2. The number of carboxylic acid groups (broad SMARTS) is 1. The van der Waals surface area contributed by atoms with Crippen molar-refractivity contribution >= 4 is 29.2 Å². The molecule has 7 nitrogen and oxygen atoms in total. The number of ether oxygens (including phenoxy) is 1. The molecule has 1 aliphatic heterocycles. The molecule has 2 aromatic heterocycles. The molecule has 1 saturated heterocycles. The van der Waals surface area contributed by atoms with Crippen LogP contribution in [0, 0.1) is 0 Å². The Labute approximate surface area is 143 Å². The maximum atomic E-state index is 13.0. The molecule has 0 bridgehead atoms. The van der Waals surface area contributed by atoms with Gasteiger partial charge in [0.1, 0.15) is 0 Å². The van der Waals surface area contributed by atoms with E-state index in [2.05, 4.69) is 4.98 Å². The third-order valence-electron chi connectivity index (χ3n) is 4.28. The fraction of sp³-hybridized carbons (Fsp3) is 0.438. The number of carboxylic acids is 1. The average molecular weight is 349 g/mol. The van der Waals surface area contributed by atoms with Crippen molar-refractivity contribution < 1.29 is 19.4 Å². The predicted octanol–water partition coefficient (Wildman–Crippen LogP) is 1.76. The Morgan fingerprint density at radius 2 is 2.25 bits per heavy atom. The summed E-state index contributed by atoms with van der Waals surface area (Å²) in [6.45, 7) is 0.383. The Bertz CT molecular complexity index is 776. The van der Waals surface area contributed by atoms with E-state index >= 15 is 0 Å². The normalized spacial score (nSPS) is 20.7. The van der Waals surface area contributed by atoms with Gasteiger partial charge in [-0.05, 0) is 24.8 Å². The summed E-state index contributed by atoms with van der Waals surface area (Å²) in [5.41, 5.74) is 1.08. The molecule has 1 aliphatic rings. The highest BCUT2D eigenvalue weighted by Crippen LogP contribution is 2.27.